The Labute approximate surface area is 187 Å². The molecule has 4 rings (SSSR count). The first-order valence-corrected chi connectivity index (χ1v) is 10.6. The normalized spacial score (nSPS) is 13.0. The fraction of sp³-hybridized carbons (Fsp3) is 0.280. The number of carbonyl (C=O) groups is 1. The van der Waals surface area contributed by atoms with E-state index >= 15 is 0 Å². The fourth-order valence-electron chi connectivity index (χ4n) is 3.06. The van der Waals surface area contributed by atoms with Gasteiger partial charge in [-0.25, -0.2) is 4.39 Å². The molecule has 0 bridgehead atoms. The quantitative estimate of drug-likeness (QED) is 0.621. The summed E-state index contributed by atoms with van der Waals surface area (Å²) in [6.45, 7) is 8.15. The van der Waals surface area contributed by atoms with E-state index in [0.29, 0.717) is 23.6 Å². The Morgan fingerprint density at radius 1 is 1.06 bits per heavy atom. The second-order valence-corrected chi connectivity index (χ2v) is 7.18. The second-order valence-electron chi connectivity index (χ2n) is 7.18. The largest absolute Gasteiger partial charge is 0.457 e. The van der Waals surface area contributed by atoms with Crippen LogP contribution in [-0.4, -0.2) is 43.7 Å². The highest BCUT2D eigenvalue weighted by Gasteiger charge is 2.09. The van der Waals surface area contributed by atoms with E-state index in [0.717, 1.165) is 43.3 Å². The number of benzene rings is 2. The number of pyridine rings is 1. The summed E-state index contributed by atoms with van der Waals surface area (Å²) < 4.78 is 23.6. The molecule has 0 radical (unpaired) electrons. The predicted octanol–water partition coefficient (Wildman–Crippen LogP) is 4.34. The number of halogens is 1. The van der Waals surface area contributed by atoms with Crippen molar-refractivity contribution >= 4 is 5.91 Å². The Bertz CT molecular complexity index is 992. The maximum Gasteiger partial charge on any atom is 0.251 e. The van der Waals surface area contributed by atoms with Crippen LogP contribution in [0.2, 0.25) is 0 Å². The minimum atomic E-state index is -0.305. The molecule has 7 heteroatoms. The van der Waals surface area contributed by atoms with E-state index < -0.39 is 0 Å². The summed E-state index contributed by atoms with van der Waals surface area (Å²) in [5.41, 5.74) is 2.96. The van der Waals surface area contributed by atoms with E-state index in [1.54, 1.807) is 24.3 Å². The number of rotatable bonds is 5. The van der Waals surface area contributed by atoms with Crippen LogP contribution in [0.1, 0.15) is 23.0 Å². The summed E-state index contributed by atoms with van der Waals surface area (Å²) in [4.78, 5) is 16.6. The van der Waals surface area contributed by atoms with Crippen molar-refractivity contribution in [3.63, 3.8) is 0 Å². The first-order chi connectivity index (χ1) is 15.5. The van der Waals surface area contributed by atoms with E-state index in [1.165, 1.54) is 12.1 Å². The maximum atomic E-state index is 12.9. The van der Waals surface area contributed by atoms with Crippen LogP contribution in [0.4, 0.5) is 4.39 Å². The molecule has 1 amide bonds. The van der Waals surface area contributed by atoms with Crippen LogP contribution < -0.4 is 15.4 Å². The van der Waals surface area contributed by atoms with Gasteiger partial charge >= 0.3 is 0 Å². The lowest BCUT2D eigenvalue weighted by molar-refractivity contribution is 0.0955. The highest BCUT2D eigenvalue weighted by atomic mass is 19.1. The molecule has 0 unspecified atom stereocenters. The predicted molar refractivity (Wildman–Crippen MR) is 123 cm³/mol. The smallest absolute Gasteiger partial charge is 0.251 e. The average Bonchev–Trinajstić information content (AvgIpc) is 2.82. The molecule has 0 aliphatic carbocycles. The number of morpholine rings is 1. The number of aryl methyl sites for hydroxylation is 1. The van der Waals surface area contributed by atoms with Crippen LogP contribution in [0.3, 0.4) is 0 Å². The molecule has 0 atom stereocenters. The molecule has 1 aliphatic rings. The van der Waals surface area contributed by atoms with Crippen LogP contribution in [0.25, 0.3) is 11.3 Å². The zero-order chi connectivity index (χ0) is 22.8. The van der Waals surface area contributed by atoms with Gasteiger partial charge in [0.2, 0.25) is 0 Å². The SMILES string of the molecule is C1COCCN1.CCNC(=O)c1cc(C)nc(-c2ccc(Oc3ccc(F)cc3)cc2)c1. The zero-order valence-electron chi connectivity index (χ0n) is 18.4. The molecule has 6 nitrogen and oxygen atoms in total. The Hall–Kier alpha value is -3.29. The van der Waals surface area contributed by atoms with Crippen LogP contribution in [-0.2, 0) is 4.74 Å². The standard InChI is InChI=1S/C21H19FN2O2.C4H9NO/c1-3-23-21(25)16-12-14(2)24-20(13-16)15-4-8-18(9-5-15)26-19-10-6-17(22)7-11-19;1-3-6-4-2-5-1/h4-13H,3H2,1-2H3,(H,23,25);5H,1-4H2. The summed E-state index contributed by atoms with van der Waals surface area (Å²) in [6.07, 6.45) is 0. The van der Waals surface area contributed by atoms with Gasteiger partial charge in [-0.05, 0) is 74.5 Å². The summed E-state index contributed by atoms with van der Waals surface area (Å²) in [7, 11) is 0. The van der Waals surface area contributed by atoms with Gasteiger partial charge in [0.05, 0.1) is 18.9 Å². The molecule has 168 valence electrons. The summed E-state index contributed by atoms with van der Waals surface area (Å²) in [5, 5.41) is 5.95. The highest BCUT2D eigenvalue weighted by molar-refractivity contribution is 5.95. The van der Waals surface area contributed by atoms with Crippen LogP contribution in [0, 0.1) is 12.7 Å². The van der Waals surface area contributed by atoms with Crippen LogP contribution >= 0.6 is 0 Å². The Balaban J connectivity index is 0.000000416. The van der Waals surface area contributed by atoms with Gasteiger partial charge in [-0.15, -0.1) is 0 Å². The van der Waals surface area contributed by atoms with Crippen molar-refractivity contribution in [3.8, 4) is 22.8 Å². The van der Waals surface area contributed by atoms with E-state index in [4.69, 9.17) is 9.47 Å². The number of carbonyl (C=O) groups excluding carboxylic acids is 1. The lowest BCUT2D eigenvalue weighted by atomic mass is 10.1. The van der Waals surface area contributed by atoms with Gasteiger partial charge in [0.25, 0.3) is 5.91 Å². The monoisotopic (exact) mass is 437 g/mol. The van der Waals surface area contributed by atoms with Crippen LogP contribution in [0.5, 0.6) is 11.5 Å². The molecule has 2 aromatic carbocycles. The van der Waals surface area contributed by atoms with E-state index in [2.05, 4.69) is 15.6 Å². The molecule has 3 aromatic rings. The van der Waals surface area contributed by atoms with Crippen molar-refractivity contribution in [1.82, 2.24) is 15.6 Å². The van der Waals surface area contributed by atoms with Crippen molar-refractivity contribution < 1.29 is 18.7 Å². The molecule has 2 heterocycles. The molecule has 1 aliphatic heterocycles. The first kappa shape index (κ1) is 23.4. The number of amides is 1. The molecular weight excluding hydrogens is 409 g/mol. The van der Waals surface area contributed by atoms with Crippen molar-refractivity contribution in [2.75, 3.05) is 32.8 Å². The topological polar surface area (TPSA) is 72.5 Å². The Kier molecular flexibility index (Phi) is 8.71. The number of aromatic nitrogens is 1. The molecule has 32 heavy (non-hydrogen) atoms. The maximum absolute atomic E-state index is 12.9. The first-order valence-electron chi connectivity index (χ1n) is 10.6. The molecule has 2 N–H and O–H groups in total. The lowest BCUT2D eigenvalue weighted by Gasteiger charge is -2.10. The molecule has 1 aromatic heterocycles. The summed E-state index contributed by atoms with van der Waals surface area (Å²) in [6, 6.07) is 16.8. The minimum Gasteiger partial charge on any atom is -0.457 e. The summed E-state index contributed by atoms with van der Waals surface area (Å²) >= 11 is 0. The Morgan fingerprint density at radius 3 is 2.22 bits per heavy atom. The molecule has 1 fully saturated rings. The van der Waals surface area contributed by atoms with Crippen molar-refractivity contribution in [1.29, 1.82) is 0 Å². The minimum absolute atomic E-state index is 0.115. The van der Waals surface area contributed by atoms with Crippen molar-refractivity contribution in [2.45, 2.75) is 13.8 Å². The van der Waals surface area contributed by atoms with Gasteiger partial charge in [0.1, 0.15) is 17.3 Å². The lowest BCUT2D eigenvalue weighted by Crippen LogP contribution is -2.30. The third-order valence-electron chi connectivity index (χ3n) is 4.60. The number of nitrogens with one attached hydrogen (secondary N) is 2. The number of hydrogen-bond donors (Lipinski definition) is 2. The third kappa shape index (κ3) is 7.14. The molecule has 0 spiro atoms. The number of ether oxygens (including phenoxy) is 2. The van der Waals surface area contributed by atoms with Crippen molar-refractivity contribution in [2.24, 2.45) is 0 Å². The number of nitrogens with zero attached hydrogens (tertiary/aromatic N) is 1. The van der Waals surface area contributed by atoms with Gasteiger partial charge in [-0.2, -0.15) is 0 Å². The van der Waals surface area contributed by atoms with Gasteiger partial charge in [-0.1, -0.05) is 0 Å². The average molecular weight is 438 g/mol. The number of hydrogen-bond acceptors (Lipinski definition) is 5. The molecule has 0 saturated carbocycles. The zero-order valence-corrected chi connectivity index (χ0v) is 18.4. The van der Waals surface area contributed by atoms with Gasteiger partial charge in [0.15, 0.2) is 0 Å². The molecular formula is C25H28FN3O3. The van der Waals surface area contributed by atoms with Crippen molar-refractivity contribution in [3.05, 3.63) is 77.7 Å². The Morgan fingerprint density at radius 2 is 1.69 bits per heavy atom. The van der Waals surface area contributed by atoms with Crippen LogP contribution in [0.15, 0.2) is 60.7 Å². The second kappa shape index (κ2) is 11.9. The third-order valence-corrected chi connectivity index (χ3v) is 4.60. The van der Waals surface area contributed by atoms with E-state index in [9.17, 15) is 9.18 Å². The van der Waals surface area contributed by atoms with E-state index in [-0.39, 0.29) is 11.7 Å². The highest BCUT2D eigenvalue weighted by Crippen LogP contribution is 2.26. The van der Waals surface area contributed by atoms with Gasteiger partial charge in [0, 0.05) is 36.5 Å². The molecule has 1 saturated heterocycles. The van der Waals surface area contributed by atoms with Gasteiger partial charge in [-0.3, -0.25) is 9.78 Å². The van der Waals surface area contributed by atoms with Gasteiger partial charge < -0.3 is 20.1 Å². The van der Waals surface area contributed by atoms with E-state index in [1.807, 2.05) is 38.1 Å². The summed E-state index contributed by atoms with van der Waals surface area (Å²) in [5.74, 6) is 0.778. The fourth-order valence-corrected chi connectivity index (χ4v) is 3.06.